The highest BCUT2D eigenvalue weighted by Gasteiger charge is 2.14. The molecule has 2 atom stereocenters. The zero-order valence-electron chi connectivity index (χ0n) is 10.7. The van der Waals surface area contributed by atoms with Gasteiger partial charge in [-0.15, -0.1) is 0 Å². The largest absolute Gasteiger partial charge is 0.381 e. The van der Waals surface area contributed by atoms with Gasteiger partial charge in [-0.3, -0.25) is 0 Å². The topological polar surface area (TPSA) is 38.0 Å². The Bertz CT molecular complexity index is 309. The van der Waals surface area contributed by atoms with Gasteiger partial charge in [-0.25, -0.2) is 0 Å². The van der Waals surface area contributed by atoms with E-state index in [9.17, 15) is 0 Å². The fourth-order valence-electron chi connectivity index (χ4n) is 2.04. The summed E-state index contributed by atoms with van der Waals surface area (Å²) in [7, 11) is 0. The maximum atomic E-state index is 5.83. The van der Waals surface area contributed by atoms with E-state index in [-0.39, 0.29) is 0 Å². The molecule has 0 spiro atoms. The molecule has 1 rings (SSSR count). The molecule has 0 saturated carbocycles. The van der Waals surface area contributed by atoms with Crippen LogP contribution >= 0.6 is 0 Å². The normalized spacial score (nSPS) is 14.5. The van der Waals surface area contributed by atoms with E-state index in [1.807, 2.05) is 0 Å². The first-order valence-electron chi connectivity index (χ1n) is 6.20. The Morgan fingerprint density at radius 2 is 2.12 bits per heavy atom. The van der Waals surface area contributed by atoms with E-state index in [2.05, 4.69) is 50.4 Å². The Morgan fingerprint density at radius 3 is 2.69 bits per heavy atom. The first kappa shape index (κ1) is 13.0. The lowest BCUT2D eigenvalue weighted by Gasteiger charge is -2.24. The maximum absolute atomic E-state index is 5.83. The SMILES string of the molecule is CCCC(C)C(CN)Nc1cccc(C)c1. The Labute approximate surface area is 99.2 Å². The fourth-order valence-corrected chi connectivity index (χ4v) is 2.04. The van der Waals surface area contributed by atoms with E-state index in [1.54, 1.807) is 0 Å². The van der Waals surface area contributed by atoms with Gasteiger partial charge in [0.15, 0.2) is 0 Å². The van der Waals surface area contributed by atoms with Crippen molar-refractivity contribution in [3.63, 3.8) is 0 Å². The molecule has 1 aromatic carbocycles. The standard InChI is InChI=1S/C14H24N2/c1-4-6-12(3)14(10-15)16-13-8-5-7-11(2)9-13/h5,7-9,12,14,16H,4,6,10,15H2,1-3H3. The van der Waals surface area contributed by atoms with Crippen molar-refractivity contribution < 1.29 is 0 Å². The third kappa shape index (κ3) is 3.86. The minimum atomic E-state index is 0.377. The van der Waals surface area contributed by atoms with Crippen molar-refractivity contribution >= 4 is 5.69 Å². The molecule has 3 N–H and O–H groups in total. The summed E-state index contributed by atoms with van der Waals surface area (Å²) in [6.07, 6.45) is 2.44. The Hall–Kier alpha value is -1.02. The lowest BCUT2D eigenvalue weighted by molar-refractivity contribution is 0.450. The molecule has 0 amide bonds. The van der Waals surface area contributed by atoms with Crippen molar-refractivity contribution in [2.24, 2.45) is 11.7 Å². The smallest absolute Gasteiger partial charge is 0.0409 e. The summed E-state index contributed by atoms with van der Waals surface area (Å²) in [5.41, 5.74) is 8.29. The van der Waals surface area contributed by atoms with Crippen molar-refractivity contribution in [3.8, 4) is 0 Å². The van der Waals surface area contributed by atoms with Crippen LogP contribution in [0.1, 0.15) is 32.3 Å². The predicted octanol–water partition coefficient (Wildman–Crippen LogP) is 3.17. The average Bonchev–Trinajstić information content (AvgIpc) is 2.26. The van der Waals surface area contributed by atoms with Crippen LogP contribution in [-0.2, 0) is 0 Å². The Morgan fingerprint density at radius 1 is 1.38 bits per heavy atom. The van der Waals surface area contributed by atoms with E-state index >= 15 is 0 Å². The van der Waals surface area contributed by atoms with Gasteiger partial charge < -0.3 is 11.1 Å². The zero-order chi connectivity index (χ0) is 12.0. The van der Waals surface area contributed by atoms with Crippen LogP contribution in [-0.4, -0.2) is 12.6 Å². The Kier molecular flexibility index (Phi) is 5.33. The van der Waals surface area contributed by atoms with Gasteiger partial charge in [0, 0.05) is 18.3 Å². The molecule has 16 heavy (non-hydrogen) atoms. The molecule has 0 aliphatic rings. The van der Waals surface area contributed by atoms with E-state index in [0.29, 0.717) is 18.5 Å². The summed E-state index contributed by atoms with van der Waals surface area (Å²) in [6, 6.07) is 8.84. The van der Waals surface area contributed by atoms with E-state index in [0.717, 1.165) is 0 Å². The first-order chi connectivity index (χ1) is 7.67. The molecule has 0 aliphatic carbocycles. The van der Waals surface area contributed by atoms with Gasteiger partial charge in [0.05, 0.1) is 0 Å². The lowest BCUT2D eigenvalue weighted by atomic mass is 9.96. The van der Waals surface area contributed by atoms with Crippen molar-refractivity contribution in [2.75, 3.05) is 11.9 Å². The van der Waals surface area contributed by atoms with Gasteiger partial charge in [0.1, 0.15) is 0 Å². The fraction of sp³-hybridized carbons (Fsp3) is 0.571. The van der Waals surface area contributed by atoms with Crippen LogP contribution < -0.4 is 11.1 Å². The molecule has 0 bridgehead atoms. The minimum Gasteiger partial charge on any atom is -0.381 e. The molecule has 0 aromatic heterocycles. The molecule has 2 heteroatoms. The van der Waals surface area contributed by atoms with Gasteiger partial charge in [0.25, 0.3) is 0 Å². The number of nitrogens with one attached hydrogen (secondary N) is 1. The monoisotopic (exact) mass is 220 g/mol. The van der Waals surface area contributed by atoms with Crippen LogP contribution in [0.4, 0.5) is 5.69 Å². The number of nitrogens with two attached hydrogens (primary N) is 1. The molecular formula is C14H24N2. The predicted molar refractivity (Wildman–Crippen MR) is 71.7 cm³/mol. The highest BCUT2D eigenvalue weighted by Crippen LogP contribution is 2.16. The van der Waals surface area contributed by atoms with Crippen LogP contribution in [0.2, 0.25) is 0 Å². The summed E-state index contributed by atoms with van der Waals surface area (Å²) in [5, 5.41) is 3.53. The number of anilines is 1. The van der Waals surface area contributed by atoms with Gasteiger partial charge in [-0.2, -0.15) is 0 Å². The van der Waals surface area contributed by atoms with Gasteiger partial charge in [-0.1, -0.05) is 32.4 Å². The second-order valence-electron chi connectivity index (χ2n) is 4.62. The second-order valence-corrected chi connectivity index (χ2v) is 4.62. The molecule has 2 unspecified atom stereocenters. The number of hydrogen-bond donors (Lipinski definition) is 2. The lowest BCUT2D eigenvalue weighted by Crippen LogP contribution is -2.35. The van der Waals surface area contributed by atoms with Crippen LogP contribution in [0.3, 0.4) is 0 Å². The van der Waals surface area contributed by atoms with Crippen molar-refractivity contribution in [2.45, 2.75) is 39.7 Å². The van der Waals surface area contributed by atoms with Crippen LogP contribution in [0, 0.1) is 12.8 Å². The first-order valence-corrected chi connectivity index (χ1v) is 6.20. The zero-order valence-corrected chi connectivity index (χ0v) is 10.7. The Balaban J connectivity index is 2.62. The summed E-state index contributed by atoms with van der Waals surface area (Å²) >= 11 is 0. The van der Waals surface area contributed by atoms with Crippen LogP contribution in [0.25, 0.3) is 0 Å². The van der Waals surface area contributed by atoms with Gasteiger partial charge >= 0.3 is 0 Å². The summed E-state index contributed by atoms with van der Waals surface area (Å²) in [6.45, 7) is 7.29. The van der Waals surface area contributed by atoms with Crippen LogP contribution in [0.15, 0.2) is 24.3 Å². The molecule has 1 aromatic rings. The minimum absolute atomic E-state index is 0.377. The molecule has 0 saturated heterocycles. The highest BCUT2D eigenvalue weighted by molar-refractivity contribution is 5.46. The highest BCUT2D eigenvalue weighted by atomic mass is 14.9. The molecule has 2 nitrogen and oxygen atoms in total. The maximum Gasteiger partial charge on any atom is 0.0409 e. The quantitative estimate of drug-likeness (QED) is 0.772. The molecule has 0 radical (unpaired) electrons. The van der Waals surface area contributed by atoms with Gasteiger partial charge in [-0.05, 0) is 37.0 Å². The second kappa shape index (κ2) is 6.54. The van der Waals surface area contributed by atoms with Gasteiger partial charge in [0.2, 0.25) is 0 Å². The number of benzene rings is 1. The van der Waals surface area contributed by atoms with Crippen molar-refractivity contribution in [1.82, 2.24) is 0 Å². The summed E-state index contributed by atoms with van der Waals surface area (Å²) < 4.78 is 0. The molecule has 0 fully saturated rings. The number of aryl methyl sites for hydroxylation is 1. The van der Waals surface area contributed by atoms with Crippen molar-refractivity contribution in [3.05, 3.63) is 29.8 Å². The molecule has 90 valence electrons. The summed E-state index contributed by atoms with van der Waals surface area (Å²) in [4.78, 5) is 0. The molecule has 0 aliphatic heterocycles. The average molecular weight is 220 g/mol. The number of hydrogen-bond acceptors (Lipinski definition) is 2. The van der Waals surface area contributed by atoms with Crippen LogP contribution in [0.5, 0.6) is 0 Å². The van der Waals surface area contributed by atoms with E-state index in [4.69, 9.17) is 5.73 Å². The summed E-state index contributed by atoms with van der Waals surface area (Å²) in [5.74, 6) is 0.621. The molecular weight excluding hydrogens is 196 g/mol. The third-order valence-electron chi connectivity index (χ3n) is 3.05. The van der Waals surface area contributed by atoms with E-state index < -0.39 is 0 Å². The number of rotatable bonds is 6. The van der Waals surface area contributed by atoms with E-state index in [1.165, 1.54) is 24.1 Å². The van der Waals surface area contributed by atoms with Crippen molar-refractivity contribution in [1.29, 1.82) is 0 Å². The molecule has 0 heterocycles. The third-order valence-corrected chi connectivity index (χ3v) is 3.05.